The van der Waals surface area contributed by atoms with Gasteiger partial charge in [-0.15, -0.1) is 0 Å². The zero-order valence-corrected chi connectivity index (χ0v) is 16.7. The molecule has 152 valence electrons. The number of hydrogen-bond acceptors (Lipinski definition) is 3. The van der Waals surface area contributed by atoms with E-state index in [0.717, 1.165) is 29.8 Å². The van der Waals surface area contributed by atoms with Gasteiger partial charge in [0.05, 0.1) is 12.6 Å². The van der Waals surface area contributed by atoms with Crippen LogP contribution in [0.25, 0.3) is 0 Å². The normalized spacial score (nSPS) is 11.4. The van der Waals surface area contributed by atoms with Gasteiger partial charge in [0.2, 0.25) is 0 Å². The molecule has 0 bridgehead atoms. The highest BCUT2D eigenvalue weighted by Crippen LogP contribution is 2.31. The summed E-state index contributed by atoms with van der Waals surface area (Å²) in [7, 11) is 1.90. The summed E-state index contributed by atoms with van der Waals surface area (Å²) < 4.78 is 45.3. The van der Waals surface area contributed by atoms with Crippen LogP contribution in [0.5, 0.6) is 11.5 Å². The van der Waals surface area contributed by atoms with Crippen LogP contribution >= 0.6 is 11.6 Å². The van der Waals surface area contributed by atoms with Crippen LogP contribution in [0.15, 0.2) is 54.9 Å². The van der Waals surface area contributed by atoms with Gasteiger partial charge in [0, 0.05) is 13.0 Å². The average Bonchev–Trinajstić information content (AvgIpc) is 2.69. The molecule has 3 aromatic rings. The van der Waals surface area contributed by atoms with Gasteiger partial charge in [0.15, 0.2) is 5.02 Å². The summed E-state index contributed by atoms with van der Waals surface area (Å²) in [5, 5.41) is 3.81. The maximum absolute atomic E-state index is 12.6. The third-order valence-electron chi connectivity index (χ3n) is 4.38. The highest BCUT2D eigenvalue weighted by Gasteiger charge is 2.30. The van der Waals surface area contributed by atoms with Gasteiger partial charge in [0.1, 0.15) is 17.2 Å². The molecular weight excluding hydrogens is 403 g/mol. The fourth-order valence-corrected chi connectivity index (χ4v) is 3.18. The van der Waals surface area contributed by atoms with Crippen molar-refractivity contribution in [2.75, 3.05) is 5.32 Å². The molecule has 1 heterocycles. The minimum atomic E-state index is -4.36. The Kier molecular flexibility index (Phi) is 6.27. The molecule has 0 unspecified atom stereocenters. The number of nitrogens with one attached hydrogen (secondary N) is 1. The Balaban J connectivity index is 1.62. The lowest BCUT2D eigenvalue weighted by Gasteiger charge is -2.10. The summed E-state index contributed by atoms with van der Waals surface area (Å²) in [5.41, 5.74) is 1.26. The van der Waals surface area contributed by atoms with Gasteiger partial charge in [-0.2, -0.15) is 13.2 Å². The Labute approximate surface area is 171 Å². The van der Waals surface area contributed by atoms with E-state index >= 15 is 0 Å². The number of halogens is 4. The van der Waals surface area contributed by atoms with Crippen LogP contribution in [0.3, 0.4) is 0 Å². The molecule has 0 fully saturated rings. The van der Waals surface area contributed by atoms with Crippen molar-refractivity contribution in [3.8, 4) is 11.5 Å². The first-order valence-corrected chi connectivity index (χ1v) is 9.36. The second-order valence-electron chi connectivity index (χ2n) is 6.44. The van der Waals surface area contributed by atoms with Crippen molar-refractivity contribution < 1.29 is 22.5 Å². The summed E-state index contributed by atoms with van der Waals surface area (Å²) in [4.78, 5) is 4.31. The molecule has 29 heavy (non-hydrogen) atoms. The SMILES string of the molecule is CCc1c(Cl)c(NCc2ccc(Oc3ccc(C(F)(F)F)cc3)cc2)nc[n+]1C. The number of benzene rings is 2. The molecule has 8 heteroatoms. The Hall–Kier alpha value is -2.80. The molecule has 0 aliphatic carbocycles. The number of aryl methyl sites for hydroxylation is 1. The largest absolute Gasteiger partial charge is 0.457 e. The Morgan fingerprint density at radius 2 is 1.62 bits per heavy atom. The molecule has 0 amide bonds. The second-order valence-corrected chi connectivity index (χ2v) is 6.82. The lowest BCUT2D eigenvalue weighted by Crippen LogP contribution is -2.34. The topological polar surface area (TPSA) is 38.0 Å². The monoisotopic (exact) mass is 422 g/mol. The minimum Gasteiger partial charge on any atom is -0.457 e. The second kappa shape index (κ2) is 8.69. The number of aromatic nitrogens is 2. The molecule has 0 atom stereocenters. The third-order valence-corrected chi connectivity index (χ3v) is 4.78. The van der Waals surface area contributed by atoms with E-state index in [-0.39, 0.29) is 0 Å². The zero-order valence-electron chi connectivity index (χ0n) is 15.9. The number of anilines is 1. The Bertz CT molecular complexity index is 974. The van der Waals surface area contributed by atoms with Crippen LogP contribution in [0.1, 0.15) is 23.7 Å². The van der Waals surface area contributed by atoms with Crippen molar-refractivity contribution in [2.45, 2.75) is 26.1 Å². The number of alkyl halides is 3. The van der Waals surface area contributed by atoms with Crippen molar-refractivity contribution >= 4 is 17.4 Å². The average molecular weight is 423 g/mol. The molecule has 3 rings (SSSR count). The Morgan fingerprint density at radius 3 is 2.17 bits per heavy atom. The fourth-order valence-electron chi connectivity index (χ4n) is 2.80. The molecule has 0 saturated heterocycles. The lowest BCUT2D eigenvalue weighted by atomic mass is 10.2. The molecule has 1 N–H and O–H groups in total. The highest BCUT2D eigenvalue weighted by molar-refractivity contribution is 6.33. The van der Waals surface area contributed by atoms with Crippen LogP contribution < -0.4 is 14.6 Å². The number of nitrogens with zero attached hydrogens (tertiary/aromatic N) is 2. The molecule has 0 aliphatic heterocycles. The smallest absolute Gasteiger partial charge is 0.416 e. The van der Waals surface area contributed by atoms with Crippen molar-refractivity contribution in [1.29, 1.82) is 0 Å². The van der Waals surface area contributed by atoms with Crippen molar-refractivity contribution in [3.63, 3.8) is 0 Å². The number of hydrogen-bond donors (Lipinski definition) is 1. The Morgan fingerprint density at radius 1 is 1.03 bits per heavy atom. The van der Waals surface area contributed by atoms with E-state index in [4.69, 9.17) is 16.3 Å². The maximum atomic E-state index is 12.6. The standard InChI is InChI=1S/C21H19ClF3N3O/c1-3-18-19(22)20(27-13-28(18)2)26-12-14-4-8-16(9-5-14)29-17-10-6-15(7-11-17)21(23,24)25/h4-11,13H,3,12H2,1-2H3/p+1. The van der Waals surface area contributed by atoms with Gasteiger partial charge in [-0.3, -0.25) is 0 Å². The van der Waals surface area contributed by atoms with Crippen LogP contribution in [0.2, 0.25) is 5.02 Å². The minimum absolute atomic E-state index is 0.337. The molecule has 1 aromatic heterocycles. The van der Waals surface area contributed by atoms with E-state index in [2.05, 4.69) is 10.3 Å². The predicted octanol–water partition coefficient (Wildman–Crippen LogP) is 5.55. The number of rotatable bonds is 6. The van der Waals surface area contributed by atoms with Crippen LogP contribution in [0.4, 0.5) is 19.0 Å². The van der Waals surface area contributed by atoms with Gasteiger partial charge in [-0.1, -0.05) is 30.7 Å². The van der Waals surface area contributed by atoms with E-state index in [0.29, 0.717) is 28.9 Å². The van der Waals surface area contributed by atoms with Gasteiger partial charge in [-0.25, -0.2) is 4.57 Å². The number of ether oxygens (including phenoxy) is 1. The summed E-state index contributed by atoms with van der Waals surface area (Å²) in [6, 6.07) is 11.8. The molecule has 4 nitrogen and oxygen atoms in total. The first-order valence-electron chi connectivity index (χ1n) is 8.99. The molecule has 0 spiro atoms. The fraction of sp³-hybridized carbons (Fsp3) is 0.238. The summed E-state index contributed by atoms with van der Waals surface area (Å²) >= 11 is 6.40. The maximum Gasteiger partial charge on any atom is 0.416 e. The van der Waals surface area contributed by atoms with Crippen LogP contribution in [0, 0.1) is 0 Å². The van der Waals surface area contributed by atoms with Crippen molar-refractivity contribution in [1.82, 2.24) is 4.98 Å². The highest BCUT2D eigenvalue weighted by atomic mass is 35.5. The quantitative estimate of drug-likeness (QED) is 0.529. The van der Waals surface area contributed by atoms with Crippen LogP contribution in [-0.4, -0.2) is 4.98 Å². The lowest BCUT2D eigenvalue weighted by molar-refractivity contribution is -0.681. The summed E-state index contributed by atoms with van der Waals surface area (Å²) in [6.07, 6.45) is -1.85. The van der Waals surface area contributed by atoms with Crippen LogP contribution in [-0.2, 0) is 26.2 Å². The molecule has 0 aliphatic rings. The van der Waals surface area contributed by atoms with Gasteiger partial charge < -0.3 is 10.1 Å². The predicted molar refractivity (Wildman–Crippen MR) is 105 cm³/mol. The summed E-state index contributed by atoms with van der Waals surface area (Å²) in [6.45, 7) is 2.55. The van der Waals surface area contributed by atoms with E-state index in [1.165, 1.54) is 12.1 Å². The van der Waals surface area contributed by atoms with Crippen molar-refractivity contribution in [3.05, 3.63) is 76.7 Å². The van der Waals surface area contributed by atoms with E-state index in [1.54, 1.807) is 18.5 Å². The zero-order chi connectivity index (χ0) is 21.0. The van der Waals surface area contributed by atoms with Gasteiger partial charge in [0.25, 0.3) is 12.1 Å². The molecular formula is C21H20ClF3N3O+. The third kappa shape index (κ3) is 5.17. The van der Waals surface area contributed by atoms with Gasteiger partial charge in [-0.05, 0) is 46.9 Å². The molecule has 0 saturated carbocycles. The first kappa shape index (κ1) is 20.9. The van der Waals surface area contributed by atoms with Crippen molar-refractivity contribution in [2.24, 2.45) is 7.05 Å². The van der Waals surface area contributed by atoms with E-state index in [9.17, 15) is 13.2 Å². The molecule has 0 radical (unpaired) electrons. The van der Waals surface area contributed by atoms with E-state index in [1.807, 2.05) is 30.7 Å². The summed E-state index contributed by atoms with van der Waals surface area (Å²) in [5.74, 6) is 1.49. The first-order chi connectivity index (χ1) is 13.8. The molecule has 2 aromatic carbocycles. The van der Waals surface area contributed by atoms with Gasteiger partial charge >= 0.3 is 6.18 Å². The van der Waals surface area contributed by atoms with E-state index < -0.39 is 11.7 Å².